The summed E-state index contributed by atoms with van der Waals surface area (Å²) in [6.07, 6.45) is 0. The Morgan fingerprint density at radius 2 is 1.61 bits per heavy atom. The third-order valence-corrected chi connectivity index (χ3v) is 3.38. The molecule has 0 unspecified atom stereocenters. The van der Waals surface area contributed by atoms with Gasteiger partial charge in [-0.15, -0.1) is 0 Å². The van der Waals surface area contributed by atoms with E-state index >= 15 is 0 Å². The highest BCUT2D eigenvalue weighted by atomic mass is 16.6. The fraction of sp³-hybridized carbons (Fsp3) is 0. The van der Waals surface area contributed by atoms with Crippen molar-refractivity contribution in [3.05, 3.63) is 76.3 Å². The first kappa shape index (κ1) is 14.5. The Balaban J connectivity index is 1.91. The van der Waals surface area contributed by atoms with Crippen molar-refractivity contribution in [3.63, 3.8) is 0 Å². The van der Waals surface area contributed by atoms with E-state index in [4.69, 9.17) is 4.74 Å². The predicted octanol–water partition coefficient (Wildman–Crippen LogP) is 3.67. The van der Waals surface area contributed by atoms with Gasteiger partial charge >= 0.3 is 5.97 Å². The maximum atomic E-state index is 12.2. The van der Waals surface area contributed by atoms with Crippen molar-refractivity contribution in [2.75, 3.05) is 0 Å². The van der Waals surface area contributed by atoms with Gasteiger partial charge in [0.05, 0.1) is 10.5 Å². The first-order chi connectivity index (χ1) is 11.1. The number of phenolic OH excluding ortho intramolecular Hbond substituents is 1. The van der Waals surface area contributed by atoms with Crippen LogP contribution >= 0.6 is 0 Å². The average Bonchev–Trinajstić information content (AvgIpc) is 2.56. The largest absolute Gasteiger partial charge is 0.507 e. The second kappa shape index (κ2) is 5.76. The van der Waals surface area contributed by atoms with E-state index in [1.165, 1.54) is 24.3 Å². The van der Waals surface area contributed by atoms with E-state index in [0.717, 1.165) is 0 Å². The zero-order valence-electron chi connectivity index (χ0n) is 11.8. The average molecular weight is 309 g/mol. The van der Waals surface area contributed by atoms with E-state index in [0.29, 0.717) is 16.5 Å². The molecule has 3 aromatic rings. The monoisotopic (exact) mass is 309 g/mol. The number of carbonyl (C=O) groups excluding carboxylic acids is 1. The SMILES string of the molecule is O=C(Oc1cccc2c(O)cccc12)c1ccc([N+](=O)[O-])cc1. The van der Waals surface area contributed by atoms with Crippen molar-refractivity contribution in [1.82, 2.24) is 0 Å². The van der Waals surface area contributed by atoms with Crippen LogP contribution in [0.15, 0.2) is 60.7 Å². The van der Waals surface area contributed by atoms with Gasteiger partial charge in [-0.2, -0.15) is 0 Å². The molecule has 0 heterocycles. The molecule has 114 valence electrons. The molecule has 0 spiro atoms. The number of phenols is 1. The third-order valence-electron chi connectivity index (χ3n) is 3.38. The summed E-state index contributed by atoms with van der Waals surface area (Å²) in [5.74, 6) is -0.228. The molecule has 23 heavy (non-hydrogen) atoms. The van der Waals surface area contributed by atoms with Crippen molar-refractivity contribution < 1.29 is 19.6 Å². The van der Waals surface area contributed by atoms with Crippen molar-refractivity contribution >= 4 is 22.4 Å². The van der Waals surface area contributed by atoms with Crippen LogP contribution in [-0.2, 0) is 0 Å². The minimum absolute atomic E-state index is 0.0933. The molecule has 0 aromatic heterocycles. The zero-order valence-corrected chi connectivity index (χ0v) is 11.8. The molecular formula is C17H11NO5. The number of rotatable bonds is 3. The van der Waals surface area contributed by atoms with Gasteiger partial charge in [-0.25, -0.2) is 4.79 Å². The number of ether oxygens (including phenoxy) is 1. The van der Waals surface area contributed by atoms with Gasteiger partial charge < -0.3 is 9.84 Å². The molecule has 0 radical (unpaired) electrons. The van der Waals surface area contributed by atoms with Gasteiger partial charge in [0.15, 0.2) is 0 Å². The predicted molar refractivity (Wildman–Crippen MR) is 83.7 cm³/mol. The Labute approximate surface area is 130 Å². The number of aromatic hydroxyl groups is 1. The number of esters is 1. The normalized spacial score (nSPS) is 10.4. The van der Waals surface area contributed by atoms with Crippen molar-refractivity contribution in [2.24, 2.45) is 0 Å². The third kappa shape index (κ3) is 2.82. The van der Waals surface area contributed by atoms with Gasteiger partial charge in [0, 0.05) is 22.9 Å². The van der Waals surface area contributed by atoms with E-state index < -0.39 is 10.9 Å². The van der Waals surface area contributed by atoms with Gasteiger partial charge in [-0.1, -0.05) is 24.3 Å². The molecule has 0 bridgehead atoms. The Bertz CT molecular complexity index is 903. The van der Waals surface area contributed by atoms with Crippen molar-refractivity contribution in [2.45, 2.75) is 0 Å². The summed E-state index contributed by atoms with van der Waals surface area (Å²) in [6, 6.07) is 15.1. The molecule has 0 fully saturated rings. The van der Waals surface area contributed by atoms with E-state index in [-0.39, 0.29) is 17.0 Å². The molecule has 3 rings (SSSR count). The minimum atomic E-state index is -0.629. The zero-order chi connectivity index (χ0) is 16.4. The van der Waals surface area contributed by atoms with Crippen LogP contribution in [0.1, 0.15) is 10.4 Å². The van der Waals surface area contributed by atoms with Crippen LogP contribution < -0.4 is 4.74 Å². The molecular weight excluding hydrogens is 298 g/mol. The molecule has 1 N–H and O–H groups in total. The maximum Gasteiger partial charge on any atom is 0.343 e. The first-order valence-corrected chi connectivity index (χ1v) is 6.73. The molecule has 0 aliphatic rings. The number of nitro benzene ring substituents is 1. The lowest BCUT2D eigenvalue weighted by molar-refractivity contribution is -0.384. The molecule has 0 saturated carbocycles. The highest BCUT2D eigenvalue weighted by Crippen LogP contribution is 2.31. The van der Waals surface area contributed by atoms with Crippen LogP contribution in [0.2, 0.25) is 0 Å². The summed E-state index contributed by atoms with van der Waals surface area (Å²) in [7, 11) is 0. The van der Waals surface area contributed by atoms with Crippen LogP contribution in [0.3, 0.4) is 0 Å². The fourth-order valence-electron chi connectivity index (χ4n) is 2.23. The maximum absolute atomic E-state index is 12.2. The summed E-state index contributed by atoms with van der Waals surface area (Å²) < 4.78 is 5.35. The second-order valence-corrected chi connectivity index (χ2v) is 4.82. The molecule has 0 atom stereocenters. The number of nitro groups is 1. The van der Waals surface area contributed by atoms with Crippen LogP contribution in [0.25, 0.3) is 10.8 Å². The van der Waals surface area contributed by atoms with E-state index in [2.05, 4.69) is 0 Å². The second-order valence-electron chi connectivity index (χ2n) is 4.82. The molecule has 0 aliphatic heterocycles. The quantitative estimate of drug-likeness (QED) is 0.345. The summed E-state index contributed by atoms with van der Waals surface area (Å²) >= 11 is 0. The Kier molecular flexibility index (Phi) is 3.64. The molecule has 0 amide bonds. The standard InChI is InChI=1S/C17H11NO5/c19-15-5-1-4-14-13(15)3-2-6-16(14)23-17(20)11-7-9-12(10-8-11)18(21)22/h1-10,19H. The van der Waals surface area contributed by atoms with Crippen molar-refractivity contribution in [3.8, 4) is 11.5 Å². The van der Waals surface area contributed by atoms with Crippen LogP contribution in [-0.4, -0.2) is 16.0 Å². The van der Waals surface area contributed by atoms with Gasteiger partial charge in [0.1, 0.15) is 11.5 Å². The van der Waals surface area contributed by atoms with Gasteiger partial charge in [-0.05, 0) is 24.3 Å². The number of non-ortho nitro benzene ring substituents is 1. The lowest BCUT2D eigenvalue weighted by Gasteiger charge is -2.08. The summed E-state index contributed by atoms with van der Waals surface area (Å²) in [5.41, 5.74) is 0.101. The van der Waals surface area contributed by atoms with Gasteiger partial charge in [0.25, 0.3) is 5.69 Å². The van der Waals surface area contributed by atoms with Crippen LogP contribution in [0, 0.1) is 10.1 Å². The topological polar surface area (TPSA) is 89.7 Å². The Morgan fingerprint density at radius 3 is 2.30 bits per heavy atom. The molecule has 6 heteroatoms. The van der Waals surface area contributed by atoms with E-state index in [1.54, 1.807) is 36.4 Å². The number of hydrogen-bond donors (Lipinski definition) is 1. The highest BCUT2D eigenvalue weighted by Gasteiger charge is 2.13. The van der Waals surface area contributed by atoms with Gasteiger partial charge in [0.2, 0.25) is 0 Å². The lowest BCUT2D eigenvalue weighted by atomic mass is 10.1. The fourth-order valence-corrected chi connectivity index (χ4v) is 2.23. The van der Waals surface area contributed by atoms with E-state index in [9.17, 15) is 20.0 Å². The number of nitrogens with zero attached hydrogens (tertiary/aromatic N) is 1. The number of hydrogen-bond acceptors (Lipinski definition) is 5. The van der Waals surface area contributed by atoms with Crippen LogP contribution in [0.4, 0.5) is 5.69 Å². The number of fused-ring (bicyclic) bond motifs is 1. The summed E-state index contributed by atoms with van der Waals surface area (Å²) in [5, 5.41) is 21.6. The molecule has 0 aliphatic carbocycles. The Morgan fingerprint density at radius 1 is 0.957 bits per heavy atom. The van der Waals surface area contributed by atoms with Crippen LogP contribution in [0.5, 0.6) is 11.5 Å². The molecule has 0 saturated heterocycles. The summed E-state index contributed by atoms with van der Waals surface area (Å²) in [6.45, 7) is 0. The summed E-state index contributed by atoms with van der Waals surface area (Å²) in [4.78, 5) is 22.2. The van der Waals surface area contributed by atoms with Crippen molar-refractivity contribution in [1.29, 1.82) is 0 Å². The molecule has 6 nitrogen and oxygen atoms in total. The van der Waals surface area contributed by atoms with Gasteiger partial charge in [-0.3, -0.25) is 10.1 Å². The lowest BCUT2D eigenvalue weighted by Crippen LogP contribution is -2.08. The minimum Gasteiger partial charge on any atom is -0.507 e. The highest BCUT2D eigenvalue weighted by molar-refractivity contribution is 5.97. The number of carbonyl (C=O) groups is 1. The smallest absolute Gasteiger partial charge is 0.343 e. The Hall–Kier alpha value is -3.41. The molecule has 3 aromatic carbocycles. The van der Waals surface area contributed by atoms with E-state index in [1.807, 2.05) is 0 Å². The number of benzene rings is 3. The first-order valence-electron chi connectivity index (χ1n) is 6.73.